The molecule has 0 amide bonds. The molecule has 5 N–H and O–H groups in total. The predicted molar refractivity (Wildman–Crippen MR) is 83.0 cm³/mol. The average Bonchev–Trinajstić information content (AvgIpc) is 2.98. The van der Waals surface area contributed by atoms with Crippen LogP contribution in [0.2, 0.25) is 0 Å². The van der Waals surface area contributed by atoms with Crippen LogP contribution in [0.1, 0.15) is 21.6 Å². The minimum Gasteiger partial charge on any atom is -0.476 e. The zero-order valence-corrected chi connectivity index (χ0v) is 11.9. The number of aromatic nitrogens is 3. The number of aromatic carboxylic acids is 1. The summed E-state index contributed by atoms with van der Waals surface area (Å²) in [5.74, 6) is -1.49. The first kappa shape index (κ1) is 14.8. The molecule has 0 atom stereocenters. The van der Waals surface area contributed by atoms with Crippen molar-refractivity contribution in [3.05, 3.63) is 45.4 Å². The van der Waals surface area contributed by atoms with Crippen molar-refractivity contribution < 1.29 is 9.90 Å². The molecule has 3 aromatic rings. The van der Waals surface area contributed by atoms with Crippen molar-refractivity contribution >= 4 is 22.7 Å². The zero-order chi connectivity index (χ0) is 17.4. The summed E-state index contributed by atoms with van der Waals surface area (Å²) in [6.45, 7) is 0. The van der Waals surface area contributed by atoms with Crippen LogP contribution in [-0.2, 0) is 0 Å². The summed E-state index contributed by atoms with van der Waals surface area (Å²) in [6, 6.07) is 8.26. The number of hydrogen-bond acceptors (Lipinski definition) is 6. The van der Waals surface area contributed by atoms with Gasteiger partial charge in [-0.05, 0) is 11.6 Å². The minimum absolute atomic E-state index is 0.0178. The van der Waals surface area contributed by atoms with E-state index >= 15 is 0 Å². The third kappa shape index (κ3) is 1.97. The molecule has 0 bridgehead atoms. The molecule has 0 fully saturated rings. The van der Waals surface area contributed by atoms with Gasteiger partial charge in [0.05, 0.1) is 5.52 Å². The highest BCUT2D eigenvalue weighted by Crippen LogP contribution is 2.34. The van der Waals surface area contributed by atoms with Crippen LogP contribution in [0.15, 0.2) is 23.0 Å². The summed E-state index contributed by atoms with van der Waals surface area (Å²) in [5, 5.41) is 34.5. The number of carboxylic acids is 1. The first-order chi connectivity index (χ1) is 11.5. The Bertz CT molecular complexity index is 1140. The first-order valence-electron chi connectivity index (χ1n) is 6.56. The van der Waals surface area contributed by atoms with Crippen molar-refractivity contribution in [3.63, 3.8) is 0 Å². The van der Waals surface area contributed by atoms with Crippen molar-refractivity contribution in [2.75, 3.05) is 5.73 Å². The lowest BCUT2D eigenvalue weighted by Gasteiger charge is -2.10. The highest BCUT2D eigenvalue weighted by Gasteiger charge is 2.23. The van der Waals surface area contributed by atoms with Crippen LogP contribution in [0.5, 0.6) is 0 Å². The number of nitrogen functional groups attached to an aromatic ring is 1. The minimum atomic E-state index is -1.29. The van der Waals surface area contributed by atoms with Crippen LogP contribution >= 0.6 is 0 Å². The second kappa shape index (κ2) is 5.26. The lowest BCUT2D eigenvalue weighted by molar-refractivity contribution is 0.0692. The van der Waals surface area contributed by atoms with Crippen molar-refractivity contribution in [1.29, 1.82) is 10.5 Å². The number of hydrogen-bond donors (Lipinski definition) is 4. The maximum atomic E-state index is 12.0. The fourth-order valence-electron chi connectivity index (χ4n) is 2.55. The van der Waals surface area contributed by atoms with Crippen molar-refractivity contribution in [3.8, 4) is 23.3 Å². The Balaban J connectivity index is 2.57. The molecule has 0 unspecified atom stereocenters. The lowest BCUT2D eigenvalue weighted by Crippen LogP contribution is -2.16. The van der Waals surface area contributed by atoms with E-state index in [-0.39, 0.29) is 39.2 Å². The molecule has 116 valence electrons. The number of rotatable bonds is 2. The third-order valence-corrected chi connectivity index (χ3v) is 3.53. The smallest absolute Gasteiger partial charge is 0.357 e. The van der Waals surface area contributed by atoms with E-state index in [0.29, 0.717) is 5.52 Å². The molecule has 0 radical (unpaired) electrons. The van der Waals surface area contributed by atoms with Gasteiger partial charge in [-0.2, -0.15) is 15.6 Å². The third-order valence-electron chi connectivity index (χ3n) is 3.53. The number of pyridine rings is 1. The fraction of sp³-hybridized carbons (Fsp3) is 0. The number of anilines is 1. The second-order valence-electron chi connectivity index (χ2n) is 4.82. The van der Waals surface area contributed by atoms with Gasteiger partial charge in [-0.15, -0.1) is 0 Å². The van der Waals surface area contributed by atoms with Crippen LogP contribution < -0.4 is 11.3 Å². The summed E-state index contributed by atoms with van der Waals surface area (Å²) >= 11 is 0. The van der Waals surface area contributed by atoms with Gasteiger partial charge in [-0.25, -0.2) is 4.79 Å². The molecule has 0 saturated heterocycles. The molecule has 0 aliphatic carbocycles. The van der Waals surface area contributed by atoms with Gasteiger partial charge in [0.2, 0.25) is 0 Å². The van der Waals surface area contributed by atoms with Crippen LogP contribution in [0.25, 0.3) is 22.0 Å². The summed E-state index contributed by atoms with van der Waals surface area (Å²) in [4.78, 5) is 25.7. The molecule has 2 aromatic heterocycles. The molecule has 9 nitrogen and oxygen atoms in total. The highest BCUT2D eigenvalue weighted by atomic mass is 16.4. The van der Waals surface area contributed by atoms with E-state index in [1.54, 1.807) is 18.2 Å². The van der Waals surface area contributed by atoms with Gasteiger partial charge in [0.15, 0.2) is 5.69 Å². The van der Waals surface area contributed by atoms with Gasteiger partial charge < -0.3 is 15.8 Å². The Morgan fingerprint density at radius 3 is 2.58 bits per heavy atom. The average molecular weight is 320 g/mol. The summed E-state index contributed by atoms with van der Waals surface area (Å²) in [5.41, 5.74) is 4.77. The van der Waals surface area contributed by atoms with Crippen molar-refractivity contribution in [2.24, 2.45) is 0 Å². The van der Waals surface area contributed by atoms with Gasteiger partial charge in [0.25, 0.3) is 5.56 Å². The number of nitrogens with zero attached hydrogens (tertiary/aromatic N) is 3. The first-order valence-corrected chi connectivity index (χ1v) is 6.56. The van der Waals surface area contributed by atoms with E-state index < -0.39 is 11.5 Å². The van der Waals surface area contributed by atoms with E-state index in [0.717, 1.165) is 0 Å². The van der Waals surface area contributed by atoms with Crippen LogP contribution in [-0.4, -0.2) is 26.3 Å². The number of nitrogens with two attached hydrogens (primary N) is 1. The Morgan fingerprint density at radius 1 is 1.25 bits per heavy atom. The van der Waals surface area contributed by atoms with E-state index in [4.69, 9.17) is 5.73 Å². The van der Waals surface area contributed by atoms with E-state index in [9.17, 15) is 25.2 Å². The van der Waals surface area contributed by atoms with Crippen molar-refractivity contribution in [2.45, 2.75) is 0 Å². The molecule has 0 aliphatic rings. The molecular weight excluding hydrogens is 312 g/mol. The number of nitrogens with one attached hydrogen (secondary N) is 2. The van der Waals surface area contributed by atoms with Crippen molar-refractivity contribution in [1.82, 2.24) is 15.2 Å². The van der Waals surface area contributed by atoms with Crippen LogP contribution in [0.3, 0.4) is 0 Å². The second-order valence-corrected chi connectivity index (χ2v) is 4.82. The maximum Gasteiger partial charge on any atom is 0.357 e. The molecular formula is C15H8N6O3. The number of aromatic amines is 2. The topological polar surface area (TPSA) is 172 Å². The van der Waals surface area contributed by atoms with Gasteiger partial charge in [0.1, 0.15) is 29.1 Å². The number of benzene rings is 1. The largest absolute Gasteiger partial charge is 0.476 e. The molecule has 9 heteroatoms. The lowest BCUT2D eigenvalue weighted by atomic mass is 9.93. The van der Waals surface area contributed by atoms with E-state index in [2.05, 4.69) is 15.2 Å². The molecule has 24 heavy (non-hydrogen) atoms. The zero-order valence-electron chi connectivity index (χ0n) is 11.9. The van der Waals surface area contributed by atoms with Crippen LogP contribution in [0.4, 0.5) is 5.82 Å². The van der Waals surface area contributed by atoms with Gasteiger partial charge >= 0.3 is 5.97 Å². The van der Waals surface area contributed by atoms with Gasteiger partial charge in [-0.1, -0.05) is 12.1 Å². The molecule has 0 aliphatic heterocycles. The SMILES string of the molecule is N#Cc1c(N)[nH]c(=O)c(C#N)c1-c1cccc2[nH]nc(C(=O)O)c12. The van der Waals surface area contributed by atoms with Gasteiger partial charge in [-0.3, -0.25) is 9.89 Å². The Kier molecular flexibility index (Phi) is 3.25. The molecule has 1 aromatic carbocycles. The molecule has 0 saturated carbocycles. The van der Waals surface area contributed by atoms with Crippen LogP contribution in [0, 0.1) is 22.7 Å². The number of H-pyrrole nitrogens is 2. The predicted octanol–water partition coefficient (Wildman–Crippen LogP) is 0.942. The number of carbonyl (C=O) groups is 1. The fourth-order valence-corrected chi connectivity index (χ4v) is 2.55. The number of nitriles is 2. The Morgan fingerprint density at radius 2 is 1.96 bits per heavy atom. The summed E-state index contributed by atoms with van der Waals surface area (Å²) in [7, 11) is 0. The van der Waals surface area contributed by atoms with Gasteiger partial charge in [0, 0.05) is 10.9 Å². The number of carboxylic acid groups (broad SMARTS) is 1. The molecule has 0 spiro atoms. The molecule has 3 rings (SSSR count). The standard InChI is InChI=1S/C15H8N6O3/c16-4-7-10(8(5-17)14(22)19-13(7)18)6-2-1-3-9-11(6)12(15(23)24)21-20-9/h1-3H,(H,20,21)(H,23,24)(H3,18,19,22). The van der Waals surface area contributed by atoms with E-state index in [1.807, 2.05) is 6.07 Å². The monoisotopic (exact) mass is 320 g/mol. The number of fused-ring (bicyclic) bond motifs is 1. The quantitative estimate of drug-likeness (QED) is 0.543. The summed E-state index contributed by atoms with van der Waals surface area (Å²) < 4.78 is 0. The highest BCUT2D eigenvalue weighted by molar-refractivity contribution is 6.09. The van der Waals surface area contributed by atoms with E-state index in [1.165, 1.54) is 6.07 Å². The maximum absolute atomic E-state index is 12.0. The Labute approximate surface area is 133 Å². The molecule has 2 heterocycles. The summed E-state index contributed by atoms with van der Waals surface area (Å²) in [6.07, 6.45) is 0. The normalized spacial score (nSPS) is 10.2. The Hall–Kier alpha value is -4.11.